The van der Waals surface area contributed by atoms with Gasteiger partial charge in [0.1, 0.15) is 5.82 Å². The molecule has 0 saturated heterocycles. The Bertz CT molecular complexity index is 617. The Balaban J connectivity index is 2.37. The van der Waals surface area contributed by atoms with Crippen LogP contribution in [0, 0.1) is 17.1 Å². The lowest BCUT2D eigenvalue weighted by molar-refractivity contribution is 0.196. The fourth-order valence-corrected chi connectivity index (χ4v) is 2.74. The first-order valence-electron chi connectivity index (χ1n) is 5.75. The van der Waals surface area contributed by atoms with Crippen molar-refractivity contribution in [1.82, 2.24) is 0 Å². The molecule has 2 aromatic rings. The van der Waals surface area contributed by atoms with Crippen molar-refractivity contribution in [2.75, 3.05) is 0 Å². The number of nitrogens with zero attached hydrogens (tertiary/aromatic N) is 1. The van der Waals surface area contributed by atoms with Crippen molar-refractivity contribution in [3.8, 4) is 6.07 Å². The number of nitriles is 1. The maximum atomic E-state index is 12.9. The van der Waals surface area contributed by atoms with Gasteiger partial charge in [0.05, 0.1) is 17.7 Å². The minimum Gasteiger partial charge on any atom is -0.389 e. The zero-order valence-corrected chi connectivity index (χ0v) is 11.1. The summed E-state index contributed by atoms with van der Waals surface area (Å²) in [6.07, 6.45) is -0.615. The van der Waals surface area contributed by atoms with Gasteiger partial charge in [0.25, 0.3) is 0 Å². The molecule has 4 heteroatoms. The zero-order chi connectivity index (χ0) is 13.8. The summed E-state index contributed by atoms with van der Waals surface area (Å²) >= 11 is 1.40. The second kappa shape index (κ2) is 5.87. The van der Waals surface area contributed by atoms with Crippen LogP contribution < -0.4 is 0 Å². The number of rotatable bonds is 3. The van der Waals surface area contributed by atoms with Gasteiger partial charge in [-0.25, -0.2) is 4.39 Å². The van der Waals surface area contributed by atoms with Crippen LogP contribution in [0.5, 0.6) is 0 Å². The molecular weight excluding hydrogens is 261 g/mol. The summed E-state index contributed by atoms with van der Waals surface area (Å²) < 4.78 is 12.9. The highest BCUT2D eigenvalue weighted by Gasteiger charge is 2.10. The Morgan fingerprint density at radius 1 is 1.21 bits per heavy atom. The number of aliphatic hydroxyl groups excluding tert-OH is 1. The van der Waals surface area contributed by atoms with Crippen LogP contribution >= 0.6 is 11.8 Å². The summed E-state index contributed by atoms with van der Waals surface area (Å²) in [5.74, 6) is -0.286. The molecule has 0 heterocycles. The monoisotopic (exact) mass is 273 g/mol. The van der Waals surface area contributed by atoms with Crippen LogP contribution in [-0.2, 0) is 0 Å². The third-order valence-electron chi connectivity index (χ3n) is 2.63. The lowest BCUT2D eigenvalue weighted by atomic mass is 10.1. The van der Waals surface area contributed by atoms with E-state index in [0.717, 1.165) is 15.4 Å². The van der Waals surface area contributed by atoms with E-state index in [-0.39, 0.29) is 5.82 Å². The Morgan fingerprint density at radius 3 is 2.47 bits per heavy atom. The molecule has 0 unspecified atom stereocenters. The van der Waals surface area contributed by atoms with Crippen LogP contribution in [0.15, 0.2) is 52.3 Å². The fourth-order valence-electron chi connectivity index (χ4n) is 1.67. The van der Waals surface area contributed by atoms with Crippen molar-refractivity contribution < 1.29 is 9.50 Å². The van der Waals surface area contributed by atoms with E-state index in [0.29, 0.717) is 5.56 Å². The topological polar surface area (TPSA) is 44.0 Å². The maximum absolute atomic E-state index is 12.9. The minimum absolute atomic E-state index is 0.286. The van der Waals surface area contributed by atoms with Crippen LogP contribution in [0.3, 0.4) is 0 Å². The van der Waals surface area contributed by atoms with E-state index >= 15 is 0 Å². The van der Waals surface area contributed by atoms with E-state index in [1.165, 1.54) is 23.9 Å². The summed E-state index contributed by atoms with van der Waals surface area (Å²) in [7, 11) is 0. The molecule has 19 heavy (non-hydrogen) atoms. The van der Waals surface area contributed by atoms with Crippen molar-refractivity contribution in [2.24, 2.45) is 0 Å². The number of aliphatic hydroxyl groups is 1. The van der Waals surface area contributed by atoms with Crippen LogP contribution in [0.25, 0.3) is 0 Å². The summed E-state index contributed by atoms with van der Waals surface area (Å²) in [6.45, 7) is 1.68. The van der Waals surface area contributed by atoms with Crippen molar-refractivity contribution in [3.63, 3.8) is 0 Å². The van der Waals surface area contributed by atoms with E-state index in [2.05, 4.69) is 6.07 Å². The Kier molecular flexibility index (Phi) is 4.20. The van der Waals surface area contributed by atoms with Crippen LogP contribution in [0.1, 0.15) is 24.2 Å². The SMILES string of the molecule is C[C@H](O)c1ccc(C#N)cc1Sc1ccc(F)cc1. The van der Waals surface area contributed by atoms with Crippen LogP contribution in [-0.4, -0.2) is 5.11 Å². The summed E-state index contributed by atoms with van der Waals surface area (Å²) in [6, 6.07) is 13.3. The van der Waals surface area contributed by atoms with Crippen LogP contribution in [0.2, 0.25) is 0 Å². The second-order valence-electron chi connectivity index (χ2n) is 4.10. The summed E-state index contributed by atoms with van der Waals surface area (Å²) in [4.78, 5) is 1.67. The molecule has 0 radical (unpaired) electrons. The Morgan fingerprint density at radius 2 is 1.89 bits per heavy atom. The molecular formula is C15H12FNOS. The van der Waals surface area contributed by atoms with Crippen molar-refractivity contribution in [3.05, 3.63) is 59.4 Å². The molecule has 0 aliphatic carbocycles. The third kappa shape index (κ3) is 3.34. The molecule has 1 atom stereocenters. The molecule has 1 N–H and O–H groups in total. The Labute approximate surface area is 115 Å². The molecule has 96 valence electrons. The molecule has 2 aromatic carbocycles. The standard InChI is InChI=1S/C15H12FNOS/c1-10(18)14-7-2-11(9-17)8-15(14)19-13-5-3-12(16)4-6-13/h2-8,10,18H,1H3/t10-/m0/s1. The molecule has 0 spiro atoms. The zero-order valence-electron chi connectivity index (χ0n) is 10.3. The van der Waals surface area contributed by atoms with Gasteiger partial charge in [0.15, 0.2) is 0 Å². The lowest BCUT2D eigenvalue weighted by Gasteiger charge is -2.12. The van der Waals surface area contributed by atoms with Crippen molar-refractivity contribution in [1.29, 1.82) is 5.26 Å². The lowest BCUT2D eigenvalue weighted by Crippen LogP contribution is -1.94. The molecule has 0 aliphatic heterocycles. The van der Waals surface area contributed by atoms with E-state index in [9.17, 15) is 9.50 Å². The van der Waals surface area contributed by atoms with E-state index in [4.69, 9.17) is 5.26 Å². The van der Waals surface area contributed by atoms with E-state index in [1.54, 1.807) is 37.3 Å². The van der Waals surface area contributed by atoms with Gasteiger partial charge in [-0.1, -0.05) is 17.8 Å². The van der Waals surface area contributed by atoms with E-state index < -0.39 is 6.10 Å². The van der Waals surface area contributed by atoms with Gasteiger partial charge >= 0.3 is 0 Å². The fraction of sp³-hybridized carbons (Fsp3) is 0.133. The van der Waals surface area contributed by atoms with Crippen molar-refractivity contribution >= 4 is 11.8 Å². The smallest absolute Gasteiger partial charge is 0.123 e. The van der Waals surface area contributed by atoms with Gasteiger partial charge in [-0.2, -0.15) is 5.26 Å². The number of hydrogen-bond acceptors (Lipinski definition) is 3. The Hall–Kier alpha value is -1.83. The number of benzene rings is 2. The first-order valence-corrected chi connectivity index (χ1v) is 6.57. The number of halogens is 1. The normalized spacial score (nSPS) is 11.9. The first kappa shape index (κ1) is 13.6. The van der Waals surface area contributed by atoms with Gasteiger partial charge in [0, 0.05) is 9.79 Å². The average molecular weight is 273 g/mol. The maximum Gasteiger partial charge on any atom is 0.123 e. The predicted molar refractivity (Wildman–Crippen MR) is 72.3 cm³/mol. The quantitative estimate of drug-likeness (QED) is 0.922. The van der Waals surface area contributed by atoms with Crippen molar-refractivity contribution in [2.45, 2.75) is 22.8 Å². The first-order chi connectivity index (χ1) is 9.10. The minimum atomic E-state index is -0.615. The largest absolute Gasteiger partial charge is 0.389 e. The second-order valence-corrected chi connectivity index (χ2v) is 5.21. The summed E-state index contributed by atoms with van der Waals surface area (Å²) in [5.41, 5.74) is 1.29. The molecule has 2 rings (SSSR count). The van der Waals surface area contributed by atoms with Crippen LogP contribution in [0.4, 0.5) is 4.39 Å². The molecule has 0 aliphatic rings. The van der Waals surface area contributed by atoms with Gasteiger partial charge < -0.3 is 5.11 Å². The van der Waals surface area contributed by atoms with E-state index in [1.807, 2.05) is 0 Å². The molecule has 2 nitrogen and oxygen atoms in total. The molecule has 0 amide bonds. The van der Waals surface area contributed by atoms with Gasteiger partial charge in [0.2, 0.25) is 0 Å². The molecule has 0 saturated carbocycles. The highest BCUT2D eigenvalue weighted by Crippen LogP contribution is 2.34. The molecule has 0 fully saturated rings. The number of hydrogen-bond donors (Lipinski definition) is 1. The average Bonchev–Trinajstić information content (AvgIpc) is 2.41. The third-order valence-corrected chi connectivity index (χ3v) is 3.72. The highest BCUT2D eigenvalue weighted by molar-refractivity contribution is 7.99. The highest BCUT2D eigenvalue weighted by atomic mass is 32.2. The van der Waals surface area contributed by atoms with Gasteiger partial charge in [-0.15, -0.1) is 0 Å². The molecule has 0 bridgehead atoms. The summed E-state index contributed by atoms with van der Waals surface area (Å²) in [5, 5.41) is 18.7. The van der Waals surface area contributed by atoms with Gasteiger partial charge in [-0.3, -0.25) is 0 Å². The molecule has 0 aromatic heterocycles. The predicted octanol–water partition coefficient (Wildman–Crippen LogP) is 3.90. The van der Waals surface area contributed by atoms with Gasteiger partial charge in [-0.05, 0) is 48.9 Å².